The lowest BCUT2D eigenvalue weighted by molar-refractivity contribution is -0.114. The van der Waals surface area contributed by atoms with Gasteiger partial charge in [-0.3, -0.25) is 4.79 Å². The number of carbonyl (C=O) groups is 1. The van der Waals surface area contributed by atoms with E-state index in [2.05, 4.69) is 4.90 Å². The van der Waals surface area contributed by atoms with Gasteiger partial charge in [-0.25, -0.2) is 4.79 Å². The Morgan fingerprint density at radius 1 is 1.35 bits per heavy atom. The van der Waals surface area contributed by atoms with Crippen LogP contribution >= 0.6 is 0 Å². The zero-order chi connectivity index (χ0) is 17.0. The number of hydrogen-bond acceptors (Lipinski definition) is 5. The van der Waals surface area contributed by atoms with Crippen molar-refractivity contribution in [3.8, 4) is 6.07 Å². The Morgan fingerprint density at radius 3 is 2.61 bits per heavy atom. The molecule has 6 heteroatoms. The molecule has 2 N–H and O–H groups in total. The van der Waals surface area contributed by atoms with Gasteiger partial charge in [-0.2, -0.15) is 5.26 Å². The molecule has 0 radical (unpaired) electrons. The molecule has 0 aliphatic rings. The first-order valence-corrected chi connectivity index (χ1v) is 7.24. The normalized spacial score (nSPS) is 11.3. The second-order valence-electron chi connectivity index (χ2n) is 4.92. The Morgan fingerprint density at radius 2 is 2.04 bits per heavy atom. The summed E-state index contributed by atoms with van der Waals surface area (Å²) in [5.74, 6) is -0.885. The summed E-state index contributed by atoms with van der Waals surface area (Å²) in [7, 11) is 0. The molecule has 0 aliphatic heterocycles. The zero-order valence-electron chi connectivity index (χ0n) is 13.0. The van der Waals surface area contributed by atoms with Gasteiger partial charge in [-0.05, 0) is 38.1 Å². The highest BCUT2D eigenvalue weighted by Gasteiger charge is 2.10. The first-order chi connectivity index (χ1) is 11.0. The maximum atomic E-state index is 12.0. The van der Waals surface area contributed by atoms with Crippen LogP contribution < -0.4 is 16.3 Å². The summed E-state index contributed by atoms with van der Waals surface area (Å²) in [6.45, 7) is 5.78. The number of rotatable bonds is 5. The average molecular weight is 311 g/mol. The Bertz CT molecular complexity index is 871. The van der Waals surface area contributed by atoms with Crippen LogP contribution in [0.1, 0.15) is 19.4 Å². The number of benzene rings is 1. The predicted octanol–water partition coefficient (Wildman–Crippen LogP) is 2.03. The molecule has 0 fully saturated rings. The molecule has 0 aliphatic carbocycles. The Labute approximate surface area is 133 Å². The third-order valence-electron chi connectivity index (χ3n) is 3.56. The van der Waals surface area contributed by atoms with Gasteiger partial charge in [0.25, 0.3) is 5.91 Å². The number of anilines is 1. The highest BCUT2D eigenvalue weighted by atomic mass is 16.4. The SMILES string of the molecule is CCN(CC)c1ccc2cc(/C=C(\C#N)C(N)=O)c(=O)oc2c1. The summed E-state index contributed by atoms with van der Waals surface area (Å²) in [5, 5.41) is 9.56. The molecule has 2 rings (SSSR count). The fourth-order valence-corrected chi connectivity index (χ4v) is 2.32. The molecule has 0 atom stereocenters. The summed E-state index contributed by atoms with van der Waals surface area (Å²) in [6, 6.07) is 8.81. The molecule has 23 heavy (non-hydrogen) atoms. The zero-order valence-corrected chi connectivity index (χ0v) is 13.0. The highest BCUT2D eigenvalue weighted by molar-refractivity contribution is 6.00. The van der Waals surface area contributed by atoms with Gasteiger partial charge in [-0.1, -0.05) is 0 Å². The summed E-state index contributed by atoms with van der Waals surface area (Å²) >= 11 is 0. The van der Waals surface area contributed by atoms with Gasteiger partial charge in [0.1, 0.15) is 17.2 Å². The molecule has 0 unspecified atom stereocenters. The van der Waals surface area contributed by atoms with Crippen LogP contribution in [0.15, 0.2) is 39.1 Å². The predicted molar refractivity (Wildman–Crippen MR) is 88.8 cm³/mol. The van der Waals surface area contributed by atoms with E-state index in [4.69, 9.17) is 15.4 Å². The van der Waals surface area contributed by atoms with Crippen LogP contribution in [0.4, 0.5) is 5.69 Å². The van der Waals surface area contributed by atoms with Crippen LogP contribution in [0.5, 0.6) is 0 Å². The topological polar surface area (TPSA) is 100 Å². The smallest absolute Gasteiger partial charge is 0.343 e. The second kappa shape index (κ2) is 6.79. The number of nitriles is 1. The first kappa shape index (κ1) is 16.3. The van der Waals surface area contributed by atoms with Crippen molar-refractivity contribution >= 4 is 28.6 Å². The van der Waals surface area contributed by atoms with E-state index in [0.29, 0.717) is 11.0 Å². The molecule has 0 saturated heterocycles. The Hall–Kier alpha value is -3.07. The van der Waals surface area contributed by atoms with E-state index in [1.54, 1.807) is 18.2 Å². The molecule has 1 heterocycles. The largest absolute Gasteiger partial charge is 0.422 e. The van der Waals surface area contributed by atoms with E-state index in [1.807, 2.05) is 26.0 Å². The Balaban J connectivity index is 2.56. The number of nitrogens with two attached hydrogens (primary N) is 1. The number of nitrogens with zero attached hydrogens (tertiary/aromatic N) is 2. The summed E-state index contributed by atoms with van der Waals surface area (Å²) in [4.78, 5) is 25.3. The molecular formula is C17H17N3O3. The van der Waals surface area contributed by atoms with Crippen LogP contribution in [-0.2, 0) is 4.79 Å². The van der Waals surface area contributed by atoms with Gasteiger partial charge >= 0.3 is 5.63 Å². The van der Waals surface area contributed by atoms with Crippen LogP contribution in [0.3, 0.4) is 0 Å². The monoisotopic (exact) mass is 311 g/mol. The van der Waals surface area contributed by atoms with Gasteiger partial charge in [-0.15, -0.1) is 0 Å². The van der Waals surface area contributed by atoms with Crippen molar-refractivity contribution in [2.75, 3.05) is 18.0 Å². The number of carbonyl (C=O) groups excluding carboxylic acids is 1. The minimum atomic E-state index is -0.885. The van der Waals surface area contributed by atoms with E-state index >= 15 is 0 Å². The van der Waals surface area contributed by atoms with Gasteiger partial charge in [0.2, 0.25) is 0 Å². The van der Waals surface area contributed by atoms with Gasteiger partial charge < -0.3 is 15.1 Å². The maximum absolute atomic E-state index is 12.0. The number of hydrogen-bond donors (Lipinski definition) is 1. The summed E-state index contributed by atoms with van der Waals surface area (Å²) in [5.41, 5.74) is 5.69. The summed E-state index contributed by atoms with van der Waals surface area (Å²) < 4.78 is 5.31. The highest BCUT2D eigenvalue weighted by Crippen LogP contribution is 2.22. The van der Waals surface area contributed by atoms with Gasteiger partial charge in [0, 0.05) is 30.2 Å². The fourth-order valence-electron chi connectivity index (χ4n) is 2.32. The molecule has 1 aromatic heterocycles. The molecule has 0 saturated carbocycles. The number of fused-ring (bicyclic) bond motifs is 1. The molecular weight excluding hydrogens is 294 g/mol. The molecule has 2 aromatic rings. The molecule has 1 amide bonds. The van der Waals surface area contributed by atoms with Crippen LogP contribution in [-0.4, -0.2) is 19.0 Å². The number of primary amides is 1. The standard InChI is InChI=1S/C17H17N3O3/c1-3-20(4-2)14-6-5-11-7-12(8-13(10-18)16(19)21)17(22)23-15(11)9-14/h5-9H,3-4H2,1-2H3,(H2,19,21)/b13-8+. The van der Waals surface area contributed by atoms with Crippen molar-refractivity contribution in [3.05, 3.63) is 45.8 Å². The van der Waals surface area contributed by atoms with Crippen molar-refractivity contribution in [1.29, 1.82) is 5.26 Å². The third kappa shape index (κ3) is 3.40. The van der Waals surface area contributed by atoms with E-state index in [1.165, 1.54) is 0 Å². The summed E-state index contributed by atoms with van der Waals surface area (Å²) in [6.07, 6.45) is 1.14. The minimum absolute atomic E-state index is 0.114. The van der Waals surface area contributed by atoms with Crippen molar-refractivity contribution in [2.45, 2.75) is 13.8 Å². The number of amides is 1. The molecule has 118 valence electrons. The van der Waals surface area contributed by atoms with Crippen molar-refractivity contribution in [1.82, 2.24) is 0 Å². The lowest BCUT2D eigenvalue weighted by Crippen LogP contribution is -2.21. The first-order valence-electron chi connectivity index (χ1n) is 7.24. The molecule has 0 spiro atoms. The lowest BCUT2D eigenvalue weighted by atomic mass is 10.1. The lowest BCUT2D eigenvalue weighted by Gasteiger charge is -2.20. The Kier molecular flexibility index (Phi) is 4.82. The van der Waals surface area contributed by atoms with Crippen molar-refractivity contribution in [2.24, 2.45) is 5.73 Å². The molecule has 0 bridgehead atoms. The van der Waals surface area contributed by atoms with Gasteiger partial charge in [0.05, 0.1) is 5.56 Å². The fraction of sp³-hybridized carbons (Fsp3) is 0.235. The quantitative estimate of drug-likeness (QED) is 0.517. The van der Waals surface area contributed by atoms with Crippen LogP contribution in [0.2, 0.25) is 0 Å². The van der Waals surface area contributed by atoms with E-state index in [-0.39, 0.29) is 11.1 Å². The van der Waals surface area contributed by atoms with Gasteiger partial charge in [0.15, 0.2) is 0 Å². The molecule has 1 aromatic carbocycles. The van der Waals surface area contributed by atoms with Crippen molar-refractivity contribution < 1.29 is 9.21 Å². The van der Waals surface area contributed by atoms with E-state index in [9.17, 15) is 9.59 Å². The van der Waals surface area contributed by atoms with Crippen molar-refractivity contribution in [3.63, 3.8) is 0 Å². The average Bonchev–Trinajstić information content (AvgIpc) is 2.53. The van der Waals surface area contributed by atoms with E-state index < -0.39 is 11.5 Å². The second-order valence-corrected chi connectivity index (χ2v) is 4.92. The third-order valence-corrected chi connectivity index (χ3v) is 3.56. The van der Waals surface area contributed by atoms with Crippen LogP contribution in [0.25, 0.3) is 17.0 Å². The maximum Gasteiger partial charge on any atom is 0.343 e. The minimum Gasteiger partial charge on any atom is -0.422 e. The molecule has 6 nitrogen and oxygen atoms in total. The van der Waals surface area contributed by atoms with Crippen LogP contribution in [0, 0.1) is 11.3 Å². The van der Waals surface area contributed by atoms with E-state index in [0.717, 1.165) is 24.9 Å².